The second-order valence-corrected chi connectivity index (χ2v) is 8.11. The Labute approximate surface area is 163 Å². The molecule has 0 unspecified atom stereocenters. The average Bonchev–Trinajstić information content (AvgIpc) is 3.13. The number of allylic oxidation sites excluding steroid dienone is 2. The summed E-state index contributed by atoms with van der Waals surface area (Å²) >= 11 is 1.41. The van der Waals surface area contributed by atoms with Gasteiger partial charge in [0, 0.05) is 30.9 Å². The fourth-order valence-electron chi connectivity index (χ4n) is 3.89. The molecule has 27 heavy (non-hydrogen) atoms. The first-order valence-electron chi connectivity index (χ1n) is 9.45. The van der Waals surface area contributed by atoms with Crippen molar-refractivity contribution in [2.24, 2.45) is 0 Å². The van der Waals surface area contributed by atoms with Gasteiger partial charge in [0.1, 0.15) is 4.88 Å². The topological polar surface area (TPSA) is 66.9 Å². The summed E-state index contributed by atoms with van der Waals surface area (Å²) in [5.74, 6) is -0.499. The third-order valence-electron chi connectivity index (χ3n) is 5.30. The number of carbonyl (C=O) groups excluding carboxylic acids is 3. The SMILES string of the molecule is COC(=O)c1sc(C2=CCCCC2)cc1N(C(C)=O)C1CCN(C=O)CC1. The van der Waals surface area contributed by atoms with Gasteiger partial charge < -0.3 is 14.5 Å². The number of nitrogens with zero attached hydrogens (tertiary/aromatic N) is 2. The molecule has 0 bridgehead atoms. The molecule has 0 N–H and O–H groups in total. The Hall–Kier alpha value is -2.15. The van der Waals surface area contributed by atoms with Gasteiger partial charge in [-0.05, 0) is 50.2 Å². The fourth-order valence-corrected chi connectivity index (χ4v) is 5.03. The lowest BCUT2D eigenvalue weighted by molar-refractivity contribution is -0.119. The Morgan fingerprint density at radius 2 is 2.04 bits per heavy atom. The second-order valence-electron chi connectivity index (χ2n) is 7.05. The van der Waals surface area contributed by atoms with Crippen molar-refractivity contribution in [1.82, 2.24) is 4.90 Å². The maximum Gasteiger partial charge on any atom is 0.350 e. The number of amides is 2. The minimum atomic E-state index is -0.408. The summed E-state index contributed by atoms with van der Waals surface area (Å²) in [5.41, 5.74) is 1.90. The van der Waals surface area contributed by atoms with Crippen LogP contribution in [0.2, 0.25) is 0 Å². The number of anilines is 1. The summed E-state index contributed by atoms with van der Waals surface area (Å²) in [6, 6.07) is 1.95. The van der Waals surface area contributed by atoms with Gasteiger partial charge >= 0.3 is 5.97 Å². The largest absolute Gasteiger partial charge is 0.465 e. The van der Waals surface area contributed by atoms with Gasteiger partial charge in [-0.15, -0.1) is 11.3 Å². The zero-order valence-electron chi connectivity index (χ0n) is 15.9. The number of piperidine rings is 1. The number of ether oxygens (including phenoxy) is 1. The van der Waals surface area contributed by atoms with Crippen LogP contribution in [0.5, 0.6) is 0 Å². The molecule has 1 aliphatic heterocycles. The minimum Gasteiger partial charge on any atom is -0.465 e. The van der Waals surface area contributed by atoms with Crippen molar-refractivity contribution in [1.29, 1.82) is 0 Å². The van der Waals surface area contributed by atoms with E-state index in [9.17, 15) is 14.4 Å². The maximum absolute atomic E-state index is 12.5. The maximum atomic E-state index is 12.5. The molecular weight excluding hydrogens is 364 g/mol. The predicted molar refractivity (Wildman–Crippen MR) is 106 cm³/mol. The molecule has 2 aliphatic rings. The van der Waals surface area contributed by atoms with Gasteiger partial charge in [-0.3, -0.25) is 9.59 Å². The van der Waals surface area contributed by atoms with E-state index in [2.05, 4.69) is 6.08 Å². The molecule has 0 saturated carbocycles. The molecule has 1 saturated heterocycles. The van der Waals surface area contributed by atoms with Crippen LogP contribution in [0.1, 0.15) is 60.0 Å². The Morgan fingerprint density at radius 3 is 2.59 bits per heavy atom. The quantitative estimate of drug-likeness (QED) is 0.570. The standard InChI is InChI=1S/C20H26N2O4S/c1-14(24)22(16-8-10-21(13-23)11-9-16)17-12-18(15-6-4-3-5-7-15)27-19(17)20(25)26-2/h6,12-13,16H,3-5,7-11H2,1-2H3. The van der Waals surface area contributed by atoms with Gasteiger partial charge in [-0.2, -0.15) is 0 Å². The van der Waals surface area contributed by atoms with Crippen molar-refractivity contribution < 1.29 is 19.1 Å². The smallest absolute Gasteiger partial charge is 0.350 e. The van der Waals surface area contributed by atoms with Crippen LogP contribution in [-0.4, -0.2) is 49.4 Å². The van der Waals surface area contributed by atoms with Crippen molar-refractivity contribution in [3.8, 4) is 0 Å². The first-order valence-corrected chi connectivity index (χ1v) is 10.3. The van der Waals surface area contributed by atoms with Crippen molar-refractivity contribution in [2.75, 3.05) is 25.1 Å². The van der Waals surface area contributed by atoms with Crippen LogP contribution in [-0.2, 0) is 14.3 Å². The van der Waals surface area contributed by atoms with Crippen LogP contribution in [0.4, 0.5) is 5.69 Å². The van der Waals surface area contributed by atoms with Crippen LogP contribution in [0.25, 0.3) is 5.57 Å². The molecule has 0 spiro atoms. The predicted octanol–water partition coefficient (Wildman–Crippen LogP) is 3.47. The van der Waals surface area contributed by atoms with Crippen LogP contribution in [0.3, 0.4) is 0 Å². The Balaban J connectivity index is 1.96. The van der Waals surface area contributed by atoms with Crippen molar-refractivity contribution >= 4 is 40.9 Å². The van der Waals surface area contributed by atoms with E-state index < -0.39 is 5.97 Å². The number of carbonyl (C=O) groups is 3. The lowest BCUT2D eigenvalue weighted by Crippen LogP contribution is -2.47. The van der Waals surface area contributed by atoms with Gasteiger partial charge in [0.05, 0.1) is 12.8 Å². The number of likely N-dealkylation sites (tertiary alicyclic amines) is 1. The van der Waals surface area contributed by atoms with Crippen LogP contribution in [0, 0.1) is 0 Å². The summed E-state index contributed by atoms with van der Waals surface area (Å²) in [6.07, 6.45) is 8.88. The van der Waals surface area contributed by atoms with Crippen molar-refractivity contribution in [2.45, 2.75) is 51.5 Å². The molecular formula is C20H26N2O4S. The summed E-state index contributed by atoms with van der Waals surface area (Å²) < 4.78 is 4.99. The monoisotopic (exact) mass is 390 g/mol. The molecule has 0 aromatic carbocycles. The van der Waals surface area contributed by atoms with E-state index in [0.717, 1.165) is 30.5 Å². The number of hydrogen-bond donors (Lipinski definition) is 0. The summed E-state index contributed by atoms with van der Waals surface area (Å²) in [5, 5.41) is 0. The third-order valence-corrected chi connectivity index (χ3v) is 6.48. The molecule has 0 atom stereocenters. The van der Waals surface area contributed by atoms with E-state index in [1.165, 1.54) is 37.4 Å². The van der Waals surface area contributed by atoms with Gasteiger partial charge in [-0.1, -0.05) is 6.08 Å². The van der Waals surface area contributed by atoms with E-state index in [-0.39, 0.29) is 11.9 Å². The summed E-state index contributed by atoms with van der Waals surface area (Å²) in [4.78, 5) is 40.9. The zero-order chi connectivity index (χ0) is 19.4. The first kappa shape index (κ1) is 19.6. The summed E-state index contributed by atoms with van der Waals surface area (Å²) in [7, 11) is 1.37. The van der Waals surface area contributed by atoms with Gasteiger partial charge in [0.15, 0.2) is 0 Å². The van der Waals surface area contributed by atoms with Gasteiger partial charge in [0.2, 0.25) is 12.3 Å². The number of hydrogen-bond acceptors (Lipinski definition) is 5. The second kappa shape index (κ2) is 8.69. The lowest BCUT2D eigenvalue weighted by atomic mass is 9.98. The van der Waals surface area contributed by atoms with Crippen LogP contribution < -0.4 is 4.90 Å². The van der Waals surface area contributed by atoms with Crippen LogP contribution in [0.15, 0.2) is 12.1 Å². The molecule has 6 nitrogen and oxygen atoms in total. The highest BCUT2D eigenvalue weighted by Crippen LogP contribution is 2.39. The Kier molecular flexibility index (Phi) is 6.31. The highest BCUT2D eigenvalue weighted by Gasteiger charge is 2.32. The first-order chi connectivity index (χ1) is 13.0. The number of rotatable bonds is 5. The third kappa shape index (κ3) is 4.24. The molecule has 2 heterocycles. The summed E-state index contributed by atoms with van der Waals surface area (Å²) in [6.45, 7) is 2.77. The molecule has 1 fully saturated rings. The van der Waals surface area contributed by atoms with E-state index >= 15 is 0 Å². The number of thiophene rings is 1. The average molecular weight is 391 g/mol. The Morgan fingerprint density at radius 1 is 1.30 bits per heavy atom. The molecule has 0 radical (unpaired) electrons. The zero-order valence-corrected chi connectivity index (χ0v) is 16.7. The minimum absolute atomic E-state index is 0.0232. The van der Waals surface area contributed by atoms with Crippen molar-refractivity contribution in [3.63, 3.8) is 0 Å². The lowest BCUT2D eigenvalue weighted by Gasteiger charge is -2.36. The van der Waals surface area contributed by atoms with Gasteiger partial charge in [0.25, 0.3) is 0 Å². The van der Waals surface area contributed by atoms with E-state index in [1.54, 1.807) is 9.80 Å². The van der Waals surface area contributed by atoms with E-state index in [4.69, 9.17) is 4.74 Å². The number of esters is 1. The molecule has 1 aliphatic carbocycles. The molecule has 7 heteroatoms. The number of methoxy groups -OCH3 is 1. The van der Waals surface area contributed by atoms with Crippen LogP contribution >= 0.6 is 11.3 Å². The molecule has 3 rings (SSSR count). The van der Waals surface area contributed by atoms with E-state index in [1.807, 2.05) is 6.07 Å². The van der Waals surface area contributed by atoms with E-state index in [0.29, 0.717) is 36.5 Å². The fraction of sp³-hybridized carbons (Fsp3) is 0.550. The highest BCUT2D eigenvalue weighted by molar-refractivity contribution is 7.15. The highest BCUT2D eigenvalue weighted by atomic mass is 32.1. The normalized spacial score (nSPS) is 18.0. The molecule has 1 aromatic heterocycles. The molecule has 1 aromatic rings. The van der Waals surface area contributed by atoms with Crippen molar-refractivity contribution in [3.05, 3.63) is 21.9 Å². The Bertz CT molecular complexity index is 747. The molecule has 146 valence electrons. The molecule has 2 amide bonds. The van der Waals surface area contributed by atoms with Gasteiger partial charge in [-0.25, -0.2) is 4.79 Å².